The van der Waals surface area contributed by atoms with Gasteiger partial charge in [0, 0.05) is 20.5 Å². The summed E-state index contributed by atoms with van der Waals surface area (Å²) in [5.74, 6) is 6.23. The van der Waals surface area contributed by atoms with E-state index in [2.05, 4.69) is 40.1 Å². The number of rotatable bonds is 7. The lowest BCUT2D eigenvalue weighted by molar-refractivity contribution is 0.163. The molecule has 1 unspecified atom stereocenters. The van der Waals surface area contributed by atoms with Gasteiger partial charge in [0.05, 0.1) is 21.3 Å². The van der Waals surface area contributed by atoms with E-state index in [0.717, 1.165) is 39.2 Å². The van der Waals surface area contributed by atoms with Crippen LogP contribution in [0.25, 0.3) is 16.9 Å². The van der Waals surface area contributed by atoms with Gasteiger partial charge in [-0.05, 0) is 68.0 Å². The van der Waals surface area contributed by atoms with Crippen LogP contribution < -0.4 is 5.84 Å². The molecule has 2 N–H and O–H groups in total. The van der Waals surface area contributed by atoms with Gasteiger partial charge in [-0.1, -0.05) is 75.5 Å². The maximum Gasteiger partial charge on any atom is 0.259 e. The van der Waals surface area contributed by atoms with Crippen molar-refractivity contribution in [3.8, 4) is 16.9 Å². The molecular formula is C28H25BrCl2N4OS. The lowest BCUT2D eigenvalue weighted by atomic mass is 9.91. The average molecular weight is 616 g/mol. The van der Waals surface area contributed by atoms with E-state index in [4.69, 9.17) is 38.9 Å². The molecule has 1 fully saturated rings. The van der Waals surface area contributed by atoms with Gasteiger partial charge in [-0.3, -0.25) is 0 Å². The van der Waals surface area contributed by atoms with Crippen LogP contribution in [0.15, 0.2) is 87.3 Å². The zero-order valence-electron chi connectivity index (χ0n) is 20.3. The van der Waals surface area contributed by atoms with Gasteiger partial charge >= 0.3 is 0 Å². The van der Waals surface area contributed by atoms with Gasteiger partial charge in [-0.25, -0.2) is 4.68 Å². The van der Waals surface area contributed by atoms with Crippen molar-refractivity contribution in [1.29, 1.82) is 0 Å². The molecule has 190 valence electrons. The summed E-state index contributed by atoms with van der Waals surface area (Å²) in [5.41, 5.74) is 4.29. The molecule has 0 amide bonds. The highest BCUT2D eigenvalue weighted by atomic mass is 79.9. The van der Waals surface area contributed by atoms with E-state index >= 15 is 0 Å². The van der Waals surface area contributed by atoms with Crippen LogP contribution in [0, 0.1) is 0 Å². The van der Waals surface area contributed by atoms with Gasteiger partial charge < -0.3 is 10.6 Å². The summed E-state index contributed by atoms with van der Waals surface area (Å²) in [6.07, 6.45) is 3.86. The predicted octanol–water partition coefficient (Wildman–Crippen LogP) is 8.09. The summed E-state index contributed by atoms with van der Waals surface area (Å²) in [7, 11) is 0. The van der Waals surface area contributed by atoms with Crippen molar-refractivity contribution < 1.29 is 4.74 Å². The third-order valence-electron chi connectivity index (χ3n) is 6.84. The Morgan fingerprint density at radius 1 is 1.08 bits per heavy atom. The second-order valence-electron chi connectivity index (χ2n) is 8.96. The fraction of sp³-hybridized carbons (Fsp3) is 0.214. The molecule has 1 aliphatic carbocycles. The quantitative estimate of drug-likeness (QED) is 0.0750. The smallest absolute Gasteiger partial charge is 0.259 e. The molecule has 37 heavy (non-hydrogen) atoms. The minimum absolute atomic E-state index is 0.111. The molecular weight excluding hydrogens is 591 g/mol. The number of hydrazone groups is 1. The molecule has 1 atom stereocenters. The van der Waals surface area contributed by atoms with E-state index in [1.165, 1.54) is 5.56 Å². The molecule has 9 heteroatoms. The summed E-state index contributed by atoms with van der Waals surface area (Å²) >= 11 is 17.8. The summed E-state index contributed by atoms with van der Waals surface area (Å²) < 4.78 is 9.33. The molecule has 0 bridgehead atoms. The molecule has 0 saturated heterocycles. The highest BCUT2D eigenvalue weighted by Gasteiger charge is 2.51. The Labute approximate surface area is 239 Å². The minimum Gasteiger partial charge on any atom is -0.471 e. The fourth-order valence-corrected chi connectivity index (χ4v) is 6.00. The zero-order valence-corrected chi connectivity index (χ0v) is 24.2. The number of halogens is 3. The third kappa shape index (κ3) is 5.02. The number of hydrogen-bond acceptors (Lipinski definition) is 5. The van der Waals surface area contributed by atoms with Gasteiger partial charge in [0.2, 0.25) is 0 Å². The predicted molar refractivity (Wildman–Crippen MR) is 157 cm³/mol. The van der Waals surface area contributed by atoms with Crippen molar-refractivity contribution in [3.05, 3.63) is 98.6 Å². The molecule has 4 aromatic rings. The van der Waals surface area contributed by atoms with Crippen LogP contribution in [-0.2, 0) is 10.2 Å². The van der Waals surface area contributed by atoms with E-state index in [1.807, 2.05) is 71.6 Å². The van der Waals surface area contributed by atoms with E-state index in [-0.39, 0.29) is 11.5 Å². The lowest BCUT2D eigenvalue weighted by Crippen LogP contribution is -2.30. The monoisotopic (exact) mass is 614 g/mol. The molecule has 1 saturated carbocycles. The van der Waals surface area contributed by atoms with Crippen LogP contribution in [0.1, 0.15) is 31.0 Å². The van der Waals surface area contributed by atoms with Gasteiger partial charge in [0.1, 0.15) is 6.10 Å². The maximum atomic E-state index is 6.62. The van der Waals surface area contributed by atoms with Crippen LogP contribution >= 0.6 is 50.9 Å². The first-order valence-electron chi connectivity index (χ1n) is 11.8. The van der Waals surface area contributed by atoms with Gasteiger partial charge in [0.15, 0.2) is 5.69 Å². The SMILES string of the molecule is CSc1c(C(=NN)OC(C)C2(c3ccc(Cl)cc3)CC2)nn(-c2ccccc2Cl)c1-c1ccc(Br)cc1. The Bertz CT molecular complexity index is 1450. The molecule has 0 aliphatic heterocycles. The van der Waals surface area contributed by atoms with Gasteiger partial charge in [-0.2, -0.15) is 5.10 Å². The molecule has 0 radical (unpaired) electrons. The average Bonchev–Trinajstić information content (AvgIpc) is 3.63. The van der Waals surface area contributed by atoms with Crippen molar-refractivity contribution >= 4 is 56.8 Å². The second-order valence-corrected chi connectivity index (χ2v) is 11.5. The van der Waals surface area contributed by atoms with Gasteiger partial charge in [-0.15, -0.1) is 16.9 Å². The van der Waals surface area contributed by atoms with Crippen LogP contribution in [-0.4, -0.2) is 28.0 Å². The number of thioether (sulfide) groups is 1. The summed E-state index contributed by atoms with van der Waals surface area (Å²) in [5, 5.41) is 10.3. The van der Waals surface area contributed by atoms with Crippen LogP contribution in [0.2, 0.25) is 10.0 Å². The molecule has 0 spiro atoms. The minimum atomic E-state index is -0.174. The second kappa shape index (κ2) is 10.7. The standard InChI is InChI=1S/C28H25BrCl2N4OS/c1-17(28(15-16-28)19-9-13-21(30)14-10-19)36-27(33-32)24-26(37-2)25(18-7-11-20(29)12-8-18)35(34-24)23-6-4-3-5-22(23)31/h3-14,17H,15-16,32H2,1-2H3. The fourth-order valence-electron chi connectivity index (χ4n) is 4.67. The Kier molecular flexibility index (Phi) is 7.59. The number of ether oxygens (including phenoxy) is 1. The van der Waals surface area contributed by atoms with Crippen molar-refractivity contribution in [2.24, 2.45) is 10.9 Å². The highest BCUT2D eigenvalue weighted by Crippen LogP contribution is 2.52. The third-order valence-corrected chi connectivity index (χ3v) is 8.73. The zero-order chi connectivity index (χ0) is 26.2. The summed E-state index contributed by atoms with van der Waals surface area (Å²) in [4.78, 5) is 0.898. The number of benzene rings is 3. The number of para-hydroxylation sites is 1. The molecule has 1 heterocycles. The van der Waals surface area contributed by atoms with Crippen molar-refractivity contribution in [3.63, 3.8) is 0 Å². The van der Waals surface area contributed by atoms with Gasteiger partial charge in [0.25, 0.3) is 5.90 Å². The first kappa shape index (κ1) is 26.2. The van der Waals surface area contributed by atoms with Crippen molar-refractivity contribution in [2.75, 3.05) is 6.26 Å². The summed E-state index contributed by atoms with van der Waals surface area (Å²) in [6.45, 7) is 2.06. The Morgan fingerprint density at radius 2 is 1.76 bits per heavy atom. The lowest BCUT2D eigenvalue weighted by Gasteiger charge is -2.25. The van der Waals surface area contributed by atoms with E-state index < -0.39 is 0 Å². The normalized spacial score (nSPS) is 15.4. The first-order chi connectivity index (χ1) is 17.9. The van der Waals surface area contributed by atoms with E-state index in [1.54, 1.807) is 11.8 Å². The number of aromatic nitrogens is 2. The van der Waals surface area contributed by atoms with Crippen molar-refractivity contribution in [2.45, 2.75) is 36.2 Å². The topological polar surface area (TPSA) is 65.4 Å². The van der Waals surface area contributed by atoms with E-state index in [9.17, 15) is 0 Å². The van der Waals surface area contributed by atoms with Crippen LogP contribution in [0.3, 0.4) is 0 Å². The highest BCUT2D eigenvalue weighted by molar-refractivity contribution is 9.10. The van der Waals surface area contributed by atoms with E-state index in [0.29, 0.717) is 21.6 Å². The molecule has 5 rings (SSSR count). The molecule has 5 nitrogen and oxygen atoms in total. The Hall–Kier alpha value is -2.45. The molecule has 3 aromatic carbocycles. The van der Waals surface area contributed by atoms with Crippen LogP contribution in [0.4, 0.5) is 0 Å². The molecule has 1 aliphatic rings. The number of nitrogens with zero attached hydrogens (tertiary/aromatic N) is 3. The Balaban J connectivity index is 1.59. The number of nitrogens with two attached hydrogens (primary N) is 1. The first-order valence-corrected chi connectivity index (χ1v) is 14.5. The maximum absolute atomic E-state index is 6.62. The molecule has 1 aromatic heterocycles. The van der Waals surface area contributed by atoms with Crippen molar-refractivity contribution in [1.82, 2.24) is 9.78 Å². The summed E-state index contributed by atoms with van der Waals surface area (Å²) in [6, 6.07) is 23.7. The number of hydrogen-bond donors (Lipinski definition) is 1. The van der Waals surface area contributed by atoms with Crippen LogP contribution in [0.5, 0.6) is 0 Å². The Morgan fingerprint density at radius 3 is 2.35 bits per heavy atom. The largest absolute Gasteiger partial charge is 0.471 e.